The van der Waals surface area contributed by atoms with Gasteiger partial charge < -0.3 is 4.90 Å². The molecule has 2 amide bonds. The van der Waals surface area contributed by atoms with E-state index < -0.39 is 17.9 Å². The molecule has 3 aromatic rings. The van der Waals surface area contributed by atoms with E-state index in [4.69, 9.17) is 0 Å². The Labute approximate surface area is 179 Å². The van der Waals surface area contributed by atoms with E-state index in [0.717, 1.165) is 21.9 Å². The quantitative estimate of drug-likeness (QED) is 0.603. The SMILES string of the molecule is CC(=O)[C@H]1[C@@H]2C(=O)N(c3cccc4ccccc34)C(=O)[C@@H]2[C@H]2c3ccccc3C=CN21. The number of hydrogen-bond donors (Lipinski definition) is 0. The summed E-state index contributed by atoms with van der Waals surface area (Å²) < 4.78 is 0. The van der Waals surface area contributed by atoms with Crippen molar-refractivity contribution in [2.45, 2.75) is 19.0 Å². The van der Waals surface area contributed by atoms with Gasteiger partial charge in [-0.15, -0.1) is 0 Å². The van der Waals surface area contributed by atoms with E-state index in [9.17, 15) is 14.4 Å². The average Bonchev–Trinajstić information content (AvgIpc) is 3.26. The number of benzene rings is 3. The highest BCUT2D eigenvalue weighted by atomic mass is 16.2. The van der Waals surface area contributed by atoms with Gasteiger partial charge in [0.15, 0.2) is 5.78 Å². The zero-order valence-electron chi connectivity index (χ0n) is 16.9. The fourth-order valence-corrected chi connectivity index (χ4v) is 5.66. The fourth-order valence-electron chi connectivity index (χ4n) is 5.66. The number of Topliss-reactive ketones (excluding diaryl/α,β-unsaturated/α-hetero) is 1. The summed E-state index contributed by atoms with van der Waals surface area (Å²) in [6, 6.07) is 20.3. The smallest absolute Gasteiger partial charge is 0.240 e. The molecule has 3 aromatic carbocycles. The average molecular weight is 408 g/mol. The lowest BCUT2D eigenvalue weighted by atomic mass is 9.84. The van der Waals surface area contributed by atoms with Crippen molar-refractivity contribution in [2.75, 3.05) is 4.90 Å². The Morgan fingerprint density at radius 3 is 2.39 bits per heavy atom. The van der Waals surface area contributed by atoms with Gasteiger partial charge in [0, 0.05) is 11.6 Å². The molecule has 0 aliphatic carbocycles. The van der Waals surface area contributed by atoms with Crippen LogP contribution in [0.15, 0.2) is 72.9 Å². The number of carbonyl (C=O) groups excluding carboxylic acids is 3. The van der Waals surface area contributed by atoms with Gasteiger partial charge in [-0.05, 0) is 35.6 Å². The van der Waals surface area contributed by atoms with Crippen LogP contribution >= 0.6 is 0 Å². The Balaban J connectivity index is 1.53. The maximum atomic E-state index is 13.8. The molecule has 0 spiro atoms. The third kappa shape index (κ3) is 2.34. The van der Waals surface area contributed by atoms with Gasteiger partial charge in [0.1, 0.15) is 0 Å². The predicted molar refractivity (Wildman–Crippen MR) is 118 cm³/mol. The van der Waals surface area contributed by atoms with Crippen molar-refractivity contribution in [2.24, 2.45) is 11.8 Å². The Bertz CT molecular complexity index is 1310. The number of hydrogen-bond acceptors (Lipinski definition) is 4. The van der Waals surface area contributed by atoms with Crippen LogP contribution in [-0.4, -0.2) is 28.5 Å². The van der Waals surface area contributed by atoms with Gasteiger partial charge in [0.2, 0.25) is 11.8 Å². The Morgan fingerprint density at radius 1 is 0.839 bits per heavy atom. The molecule has 31 heavy (non-hydrogen) atoms. The maximum absolute atomic E-state index is 13.8. The molecule has 6 rings (SSSR count). The summed E-state index contributed by atoms with van der Waals surface area (Å²) in [5.74, 6) is -1.89. The first-order valence-electron chi connectivity index (χ1n) is 10.5. The van der Waals surface area contributed by atoms with Crippen LogP contribution in [0.3, 0.4) is 0 Å². The Kier molecular flexibility index (Phi) is 3.72. The second-order valence-electron chi connectivity index (χ2n) is 8.45. The number of carbonyl (C=O) groups is 3. The van der Waals surface area contributed by atoms with Crippen LogP contribution < -0.4 is 4.90 Å². The molecule has 3 aliphatic rings. The van der Waals surface area contributed by atoms with Crippen molar-refractivity contribution < 1.29 is 14.4 Å². The van der Waals surface area contributed by atoms with E-state index in [1.807, 2.05) is 83.9 Å². The van der Waals surface area contributed by atoms with Crippen LogP contribution in [0.5, 0.6) is 0 Å². The zero-order valence-corrected chi connectivity index (χ0v) is 16.9. The molecule has 2 saturated heterocycles. The highest BCUT2D eigenvalue weighted by Crippen LogP contribution is 2.53. The van der Waals surface area contributed by atoms with Crippen LogP contribution in [0, 0.1) is 11.8 Å². The standard InChI is InChI=1S/C26H20N2O3/c1-15(29)23-21-22(24-19-11-5-3-8-17(19)13-14-27(23)24)26(31)28(25(21)30)20-12-6-9-16-7-2-4-10-18(16)20/h2-14,21-24H,1H3/t21-,22+,23+,24-/m1/s1. The fraction of sp³-hybridized carbons (Fsp3) is 0.192. The molecule has 3 aliphatic heterocycles. The number of fused-ring (bicyclic) bond motifs is 6. The molecule has 0 aromatic heterocycles. The molecular formula is C26H20N2O3. The molecule has 2 fully saturated rings. The van der Waals surface area contributed by atoms with Crippen molar-refractivity contribution in [3.05, 3.63) is 84.1 Å². The maximum Gasteiger partial charge on any atom is 0.240 e. The van der Waals surface area contributed by atoms with Crippen LogP contribution in [0.4, 0.5) is 5.69 Å². The number of nitrogens with zero attached hydrogens (tertiary/aromatic N) is 2. The summed E-state index contributed by atoms with van der Waals surface area (Å²) in [5.41, 5.74) is 2.61. The van der Waals surface area contributed by atoms with Crippen molar-refractivity contribution in [3.8, 4) is 0 Å². The molecule has 4 atom stereocenters. The summed E-state index contributed by atoms with van der Waals surface area (Å²) in [5, 5.41) is 1.82. The van der Waals surface area contributed by atoms with Crippen LogP contribution in [0.1, 0.15) is 24.1 Å². The summed E-state index contributed by atoms with van der Waals surface area (Å²) in [4.78, 5) is 43.5. The molecule has 0 saturated carbocycles. The molecule has 5 heteroatoms. The van der Waals surface area contributed by atoms with Gasteiger partial charge in [-0.2, -0.15) is 0 Å². The second-order valence-corrected chi connectivity index (χ2v) is 8.45. The largest absolute Gasteiger partial charge is 0.359 e. The molecule has 0 radical (unpaired) electrons. The summed E-state index contributed by atoms with van der Waals surface area (Å²) in [6.45, 7) is 1.51. The first kappa shape index (κ1) is 18.1. The minimum atomic E-state index is -0.690. The third-order valence-electron chi connectivity index (χ3n) is 6.89. The molecular weight excluding hydrogens is 388 g/mol. The van der Waals surface area contributed by atoms with Gasteiger partial charge in [-0.3, -0.25) is 14.4 Å². The van der Waals surface area contributed by atoms with Crippen molar-refractivity contribution in [1.82, 2.24) is 4.90 Å². The van der Waals surface area contributed by atoms with E-state index in [-0.39, 0.29) is 23.6 Å². The highest BCUT2D eigenvalue weighted by molar-refractivity contribution is 6.26. The van der Waals surface area contributed by atoms with Crippen molar-refractivity contribution in [1.29, 1.82) is 0 Å². The Hall–Kier alpha value is -3.73. The number of amides is 2. The van der Waals surface area contributed by atoms with Gasteiger partial charge in [0.05, 0.1) is 29.6 Å². The highest BCUT2D eigenvalue weighted by Gasteiger charge is 2.64. The molecule has 0 unspecified atom stereocenters. The summed E-state index contributed by atoms with van der Waals surface area (Å²) in [6.07, 6.45) is 3.83. The van der Waals surface area contributed by atoms with E-state index >= 15 is 0 Å². The third-order valence-corrected chi connectivity index (χ3v) is 6.89. The van der Waals surface area contributed by atoms with Crippen LogP contribution in [0.25, 0.3) is 16.8 Å². The van der Waals surface area contributed by atoms with Gasteiger partial charge in [0.25, 0.3) is 0 Å². The lowest BCUT2D eigenvalue weighted by molar-refractivity contribution is -0.128. The normalized spacial score (nSPS) is 26.2. The lowest BCUT2D eigenvalue weighted by Gasteiger charge is -2.35. The lowest BCUT2D eigenvalue weighted by Crippen LogP contribution is -2.43. The van der Waals surface area contributed by atoms with Crippen LogP contribution in [0.2, 0.25) is 0 Å². The van der Waals surface area contributed by atoms with Crippen molar-refractivity contribution in [3.63, 3.8) is 0 Å². The number of rotatable bonds is 2. The molecule has 0 N–H and O–H groups in total. The van der Waals surface area contributed by atoms with Gasteiger partial charge in [-0.25, -0.2) is 4.90 Å². The zero-order chi connectivity index (χ0) is 21.3. The summed E-state index contributed by atoms with van der Waals surface area (Å²) in [7, 11) is 0. The number of ketones is 1. The minimum Gasteiger partial charge on any atom is -0.359 e. The summed E-state index contributed by atoms with van der Waals surface area (Å²) >= 11 is 0. The van der Waals surface area contributed by atoms with Gasteiger partial charge in [-0.1, -0.05) is 60.7 Å². The van der Waals surface area contributed by atoms with E-state index in [0.29, 0.717) is 5.69 Å². The minimum absolute atomic E-state index is 0.0950. The first-order chi connectivity index (χ1) is 15.1. The topological polar surface area (TPSA) is 57.7 Å². The second kappa shape index (κ2) is 6.38. The van der Waals surface area contributed by atoms with Crippen molar-refractivity contribution >= 4 is 40.1 Å². The van der Waals surface area contributed by atoms with Gasteiger partial charge >= 0.3 is 0 Å². The molecule has 5 nitrogen and oxygen atoms in total. The van der Waals surface area contributed by atoms with Crippen LogP contribution in [-0.2, 0) is 14.4 Å². The molecule has 0 bridgehead atoms. The number of anilines is 1. The van der Waals surface area contributed by atoms with E-state index in [1.54, 1.807) is 0 Å². The Morgan fingerprint density at radius 2 is 1.55 bits per heavy atom. The molecule has 3 heterocycles. The van der Waals surface area contributed by atoms with E-state index in [2.05, 4.69) is 0 Å². The first-order valence-corrected chi connectivity index (χ1v) is 10.5. The van der Waals surface area contributed by atoms with E-state index in [1.165, 1.54) is 11.8 Å². The predicted octanol–water partition coefficient (Wildman–Crippen LogP) is 3.94. The monoisotopic (exact) mass is 408 g/mol. The number of imide groups is 1. The molecule has 152 valence electrons.